The van der Waals surface area contributed by atoms with Crippen LogP contribution in [0.1, 0.15) is 25.7 Å². The average molecular weight is 315 g/mol. The van der Waals surface area contributed by atoms with Gasteiger partial charge in [-0.2, -0.15) is 8.42 Å². The quantitative estimate of drug-likeness (QED) is 0.225. The van der Waals surface area contributed by atoms with Gasteiger partial charge in [0.05, 0.1) is 12.5 Å². The highest BCUT2D eigenvalue weighted by molar-refractivity contribution is 7.79. The van der Waals surface area contributed by atoms with Gasteiger partial charge in [0.15, 0.2) is 0 Å². The fraction of sp³-hybridized carbons (Fsp3) is 0.778. The molecule has 1 atom stereocenters. The predicted octanol–water partition coefficient (Wildman–Crippen LogP) is -1.62. The molecule has 0 saturated carbocycles. The number of carboxylic acid groups (broad SMARTS) is 1. The third-order valence-electron chi connectivity index (χ3n) is 1.94. The van der Waals surface area contributed by atoms with Crippen LogP contribution in [0.25, 0.3) is 0 Å². The summed E-state index contributed by atoms with van der Waals surface area (Å²) in [4.78, 5) is 21.4. The van der Waals surface area contributed by atoms with Gasteiger partial charge in [-0.25, -0.2) is 0 Å². The van der Waals surface area contributed by atoms with Crippen molar-refractivity contribution in [2.45, 2.75) is 31.7 Å². The van der Waals surface area contributed by atoms with Crippen LogP contribution in [0.5, 0.6) is 0 Å². The molecule has 0 spiro atoms. The zero-order valence-corrected chi connectivity index (χ0v) is 11.7. The Bertz CT molecular complexity index is 377. The van der Waals surface area contributed by atoms with Crippen molar-refractivity contribution in [1.29, 1.82) is 0 Å². The summed E-state index contributed by atoms with van der Waals surface area (Å²) in [5.74, 6) is -1.24. The van der Waals surface area contributed by atoms with E-state index in [0.717, 1.165) is 12.8 Å². The van der Waals surface area contributed by atoms with Crippen LogP contribution in [0.2, 0.25) is 0 Å². The lowest BCUT2D eigenvalue weighted by molar-refractivity contribution is -0.137. The molecule has 0 aromatic carbocycles. The first-order chi connectivity index (χ1) is 9.07. The molecule has 0 aromatic heterocycles. The van der Waals surface area contributed by atoms with Crippen LogP contribution >= 0.6 is 0 Å². The SMILES string of the molecule is NCCCC[C@H](N)C(=O)NCCC(=O)O.O=S(=O)(O)O. The number of hydrogen-bond acceptors (Lipinski definition) is 6. The van der Waals surface area contributed by atoms with Crippen LogP contribution in [0.3, 0.4) is 0 Å². The molecule has 0 bridgehead atoms. The molecule has 0 aliphatic rings. The molecule has 0 heterocycles. The third kappa shape index (κ3) is 22.0. The molecular weight excluding hydrogens is 294 g/mol. The normalized spacial score (nSPS) is 12.0. The maximum absolute atomic E-state index is 11.3. The molecule has 0 rings (SSSR count). The first-order valence-corrected chi connectivity index (χ1v) is 7.12. The summed E-state index contributed by atoms with van der Waals surface area (Å²) in [5.41, 5.74) is 10.9. The van der Waals surface area contributed by atoms with Crippen LogP contribution in [0, 0.1) is 0 Å². The van der Waals surface area contributed by atoms with Crippen molar-refractivity contribution in [3.8, 4) is 0 Å². The van der Waals surface area contributed by atoms with Crippen molar-refractivity contribution in [1.82, 2.24) is 5.32 Å². The van der Waals surface area contributed by atoms with E-state index in [9.17, 15) is 9.59 Å². The fourth-order valence-electron chi connectivity index (χ4n) is 1.06. The van der Waals surface area contributed by atoms with Crippen LogP contribution in [-0.4, -0.2) is 53.6 Å². The number of nitrogens with one attached hydrogen (secondary N) is 1. The minimum Gasteiger partial charge on any atom is -0.481 e. The highest BCUT2D eigenvalue weighted by atomic mass is 32.3. The summed E-state index contributed by atoms with van der Waals surface area (Å²) in [5, 5.41) is 10.8. The molecule has 0 radical (unpaired) electrons. The molecule has 0 unspecified atom stereocenters. The Morgan fingerprint density at radius 1 is 1.20 bits per heavy atom. The van der Waals surface area contributed by atoms with Gasteiger partial charge in [-0.05, 0) is 19.4 Å². The Kier molecular flexibility index (Phi) is 12.1. The smallest absolute Gasteiger partial charge is 0.394 e. The second-order valence-electron chi connectivity index (χ2n) is 3.77. The van der Waals surface area contributed by atoms with Gasteiger partial charge < -0.3 is 21.9 Å². The Morgan fingerprint density at radius 3 is 2.10 bits per heavy atom. The molecule has 8 N–H and O–H groups in total. The molecule has 0 saturated heterocycles. The molecule has 0 aromatic rings. The number of carbonyl (C=O) groups excluding carboxylic acids is 1. The van der Waals surface area contributed by atoms with Gasteiger partial charge in [0.1, 0.15) is 0 Å². The van der Waals surface area contributed by atoms with E-state index in [1.54, 1.807) is 0 Å². The largest absolute Gasteiger partial charge is 0.481 e. The summed E-state index contributed by atoms with van der Waals surface area (Å²) in [7, 11) is -4.67. The Hall–Kier alpha value is -1.27. The van der Waals surface area contributed by atoms with Crippen molar-refractivity contribution >= 4 is 22.3 Å². The zero-order valence-electron chi connectivity index (χ0n) is 10.9. The van der Waals surface area contributed by atoms with Gasteiger partial charge in [0.25, 0.3) is 0 Å². The van der Waals surface area contributed by atoms with E-state index in [2.05, 4.69) is 5.32 Å². The number of carboxylic acids is 1. The third-order valence-corrected chi connectivity index (χ3v) is 1.94. The number of rotatable bonds is 8. The summed E-state index contributed by atoms with van der Waals surface area (Å²) < 4.78 is 31.6. The first-order valence-electron chi connectivity index (χ1n) is 5.73. The van der Waals surface area contributed by atoms with Gasteiger partial charge in [-0.3, -0.25) is 18.7 Å². The minimum atomic E-state index is -4.67. The fourth-order valence-corrected chi connectivity index (χ4v) is 1.06. The van der Waals surface area contributed by atoms with Crippen molar-refractivity contribution in [3.05, 3.63) is 0 Å². The van der Waals surface area contributed by atoms with Crippen LogP contribution in [0.4, 0.5) is 0 Å². The summed E-state index contributed by atoms with van der Waals surface area (Å²) in [6.45, 7) is 0.714. The Morgan fingerprint density at radius 2 is 1.70 bits per heavy atom. The summed E-state index contributed by atoms with van der Waals surface area (Å²) in [6, 6.07) is -0.564. The van der Waals surface area contributed by atoms with Crippen molar-refractivity contribution in [2.75, 3.05) is 13.1 Å². The first kappa shape index (κ1) is 21.0. The second-order valence-corrected chi connectivity index (χ2v) is 4.67. The molecule has 0 aliphatic carbocycles. The number of aliphatic carboxylic acids is 1. The summed E-state index contributed by atoms with van der Waals surface area (Å²) in [6.07, 6.45) is 2.15. The van der Waals surface area contributed by atoms with Crippen LogP contribution in [-0.2, 0) is 20.0 Å². The topological polar surface area (TPSA) is 193 Å². The van der Waals surface area contributed by atoms with Gasteiger partial charge in [-0.15, -0.1) is 0 Å². The Labute approximate surface area is 117 Å². The van der Waals surface area contributed by atoms with E-state index < -0.39 is 22.4 Å². The van der Waals surface area contributed by atoms with Crippen molar-refractivity contribution in [3.63, 3.8) is 0 Å². The molecule has 11 heteroatoms. The lowest BCUT2D eigenvalue weighted by atomic mass is 10.1. The van der Waals surface area contributed by atoms with E-state index in [1.807, 2.05) is 0 Å². The number of amides is 1. The molecule has 0 fully saturated rings. The number of carbonyl (C=O) groups is 2. The lowest BCUT2D eigenvalue weighted by Crippen LogP contribution is -2.41. The van der Waals surface area contributed by atoms with Gasteiger partial charge in [-0.1, -0.05) is 6.42 Å². The number of hydrogen-bond donors (Lipinski definition) is 6. The number of nitrogens with two attached hydrogens (primary N) is 2. The molecule has 20 heavy (non-hydrogen) atoms. The maximum Gasteiger partial charge on any atom is 0.394 e. The van der Waals surface area contributed by atoms with E-state index in [1.165, 1.54) is 0 Å². The second kappa shape index (κ2) is 11.5. The zero-order chi connectivity index (χ0) is 16.2. The molecule has 0 aliphatic heterocycles. The van der Waals surface area contributed by atoms with E-state index in [-0.39, 0.29) is 18.9 Å². The monoisotopic (exact) mass is 315 g/mol. The minimum absolute atomic E-state index is 0.0821. The van der Waals surface area contributed by atoms with Crippen molar-refractivity contribution < 1.29 is 32.2 Å². The average Bonchev–Trinajstić information content (AvgIpc) is 2.26. The lowest BCUT2D eigenvalue weighted by Gasteiger charge is -2.10. The van der Waals surface area contributed by atoms with Gasteiger partial charge in [0.2, 0.25) is 5.91 Å². The Balaban J connectivity index is 0. The molecule has 10 nitrogen and oxygen atoms in total. The maximum atomic E-state index is 11.3. The van der Waals surface area contributed by atoms with Crippen LogP contribution in [0.15, 0.2) is 0 Å². The highest BCUT2D eigenvalue weighted by Crippen LogP contribution is 1.97. The van der Waals surface area contributed by atoms with Gasteiger partial charge >= 0.3 is 16.4 Å². The van der Waals surface area contributed by atoms with Crippen molar-refractivity contribution in [2.24, 2.45) is 11.5 Å². The molecule has 1 amide bonds. The standard InChI is InChI=1S/C9H19N3O3.H2O4S/c10-5-2-1-3-7(11)9(15)12-6-4-8(13)14;1-5(2,3)4/h7H,1-6,10-11H2,(H,12,15)(H,13,14);(H2,1,2,3,4)/t7-;/m0./s1. The van der Waals surface area contributed by atoms with E-state index in [4.69, 9.17) is 34.1 Å². The van der Waals surface area contributed by atoms with Gasteiger partial charge in [0, 0.05) is 6.54 Å². The van der Waals surface area contributed by atoms with E-state index >= 15 is 0 Å². The molecular formula is C9H21N3O7S. The highest BCUT2D eigenvalue weighted by Gasteiger charge is 2.12. The number of unbranched alkanes of at least 4 members (excludes halogenated alkanes) is 1. The molecule has 120 valence electrons. The van der Waals surface area contributed by atoms with E-state index in [0.29, 0.717) is 13.0 Å². The predicted molar refractivity (Wildman–Crippen MR) is 70.3 cm³/mol. The summed E-state index contributed by atoms with van der Waals surface area (Å²) >= 11 is 0. The van der Waals surface area contributed by atoms with Crippen LogP contribution < -0.4 is 16.8 Å².